The van der Waals surface area contributed by atoms with Crippen LogP contribution in [0.25, 0.3) is 6.08 Å². The molecule has 0 saturated carbocycles. The maximum Gasteiger partial charge on any atom is 0.335 e. The predicted molar refractivity (Wildman–Crippen MR) is 152 cm³/mol. The largest absolute Gasteiger partial charge is 0.490 e. The second-order valence-corrected chi connectivity index (χ2v) is 9.53. The molecule has 0 aliphatic carbocycles. The molecule has 4 rings (SSSR count). The van der Waals surface area contributed by atoms with Gasteiger partial charge in [-0.25, -0.2) is 4.79 Å². The maximum absolute atomic E-state index is 13.4. The molecular formula is C27H20BrN3O8S. The topological polar surface area (TPSA) is 148 Å². The van der Waals surface area contributed by atoms with Gasteiger partial charge in [-0.3, -0.25) is 29.9 Å². The number of hydrogen-bond donors (Lipinski definition) is 2. The minimum Gasteiger partial charge on any atom is -0.490 e. The predicted octanol–water partition coefficient (Wildman–Crippen LogP) is 4.86. The van der Waals surface area contributed by atoms with Crippen LogP contribution >= 0.6 is 28.1 Å². The van der Waals surface area contributed by atoms with Crippen molar-refractivity contribution in [2.24, 2.45) is 0 Å². The molecule has 0 radical (unpaired) electrons. The summed E-state index contributed by atoms with van der Waals surface area (Å²) in [6, 6.07) is 14.8. The summed E-state index contributed by atoms with van der Waals surface area (Å²) in [5, 5.41) is 22.7. The highest BCUT2D eigenvalue weighted by Crippen LogP contribution is 2.38. The molecule has 1 aliphatic heterocycles. The van der Waals surface area contributed by atoms with E-state index in [1.807, 2.05) is 0 Å². The second kappa shape index (κ2) is 12.1. The number of non-ortho nitro benzene ring substituents is 1. The molecule has 1 fully saturated rings. The van der Waals surface area contributed by atoms with Crippen molar-refractivity contribution in [3.8, 4) is 11.5 Å². The Hall–Kier alpha value is -4.62. The molecule has 0 bridgehead atoms. The molecule has 1 aliphatic rings. The number of anilines is 1. The molecule has 2 amide bonds. The quantitative estimate of drug-likeness (QED) is 0.112. The Morgan fingerprint density at radius 1 is 1.15 bits per heavy atom. The van der Waals surface area contributed by atoms with Crippen molar-refractivity contribution in [3.63, 3.8) is 0 Å². The molecule has 13 heteroatoms. The van der Waals surface area contributed by atoms with E-state index in [1.165, 1.54) is 42.5 Å². The molecule has 0 spiro atoms. The Labute approximate surface area is 241 Å². The van der Waals surface area contributed by atoms with Crippen LogP contribution in [-0.4, -0.2) is 39.5 Å². The van der Waals surface area contributed by atoms with Crippen LogP contribution in [0.5, 0.6) is 11.5 Å². The molecule has 3 aromatic rings. The zero-order chi connectivity index (χ0) is 29.0. The number of hydrogen-bond acceptors (Lipinski definition) is 8. The van der Waals surface area contributed by atoms with E-state index in [0.29, 0.717) is 27.1 Å². The van der Waals surface area contributed by atoms with Crippen LogP contribution in [-0.2, 0) is 16.2 Å². The molecule has 0 aromatic heterocycles. The van der Waals surface area contributed by atoms with Crippen LogP contribution in [0.1, 0.15) is 28.4 Å². The van der Waals surface area contributed by atoms with E-state index in [1.54, 1.807) is 31.2 Å². The lowest BCUT2D eigenvalue weighted by Gasteiger charge is -2.29. The molecule has 1 heterocycles. The number of nitrogens with zero attached hydrogens (tertiary/aromatic N) is 2. The van der Waals surface area contributed by atoms with Crippen molar-refractivity contribution < 1.29 is 33.9 Å². The third kappa shape index (κ3) is 6.16. The fourth-order valence-corrected chi connectivity index (χ4v) is 4.68. The number of rotatable bonds is 9. The number of carboxylic acids is 1. The van der Waals surface area contributed by atoms with Crippen molar-refractivity contribution in [1.82, 2.24) is 5.32 Å². The summed E-state index contributed by atoms with van der Waals surface area (Å²) in [6.07, 6.45) is 1.35. The minimum absolute atomic E-state index is 0.0174. The van der Waals surface area contributed by atoms with Crippen molar-refractivity contribution in [2.45, 2.75) is 13.5 Å². The summed E-state index contributed by atoms with van der Waals surface area (Å²) in [5.74, 6) is -2.02. The summed E-state index contributed by atoms with van der Waals surface area (Å²) in [4.78, 5) is 49.1. The highest BCUT2D eigenvalue weighted by Gasteiger charge is 2.35. The second-order valence-electron chi connectivity index (χ2n) is 8.29. The van der Waals surface area contributed by atoms with Crippen LogP contribution in [0.3, 0.4) is 0 Å². The van der Waals surface area contributed by atoms with E-state index in [2.05, 4.69) is 21.2 Å². The van der Waals surface area contributed by atoms with E-state index in [9.17, 15) is 29.6 Å². The Bertz CT molecular complexity index is 1590. The van der Waals surface area contributed by atoms with Gasteiger partial charge >= 0.3 is 5.97 Å². The van der Waals surface area contributed by atoms with Crippen LogP contribution < -0.4 is 19.7 Å². The molecule has 0 unspecified atom stereocenters. The lowest BCUT2D eigenvalue weighted by molar-refractivity contribution is -0.384. The Kier molecular flexibility index (Phi) is 8.55. The summed E-state index contributed by atoms with van der Waals surface area (Å²) in [7, 11) is 0. The lowest BCUT2D eigenvalue weighted by atomic mass is 10.1. The third-order valence-electron chi connectivity index (χ3n) is 5.60. The first-order chi connectivity index (χ1) is 19.1. The monoisotopic (exact) mass is 625 g/mol. The average Bonchev–Trinajstić information content (AvgIpc) is 2.91. The molecule has 11 nitrogen and oxygen atoms in total. The zero-order valence-corrected chi connectivity index (χ0v) is 23.2. The van der Waals surface area contributed by atoms with Crippen molar-refractivity contribution in [3.05, 3.63) is 97.5 Å². The smallest absolute Gasteiger partial charge is 0.335 e. The first-order valence-corrected chi connectivity index (χ1v) is 12.9. The number of carboxylic acid groups (broad SMARTS) is 1. The Morgan fingerprint density at radius 2 is 1.90 bits per heavy atom. The van der Waals surface area contributed by atoms with Gasteiger partial charge in [0.05, 0.1) is 27.3 Å². The number of aromatic carboxylic acids is 1. The highest BCUT2D eigenvalue weighted by atomic mass is 79.9. The number of thiocarbonyl (C=S) groups is 1. The van der Waals surface area contributed by atoms with Crippen LogP contribution in [0.15, 0.2) is 70.7 Å². The van der Waals surface area contributed by atoms with Gasteiger partial charge in [0.1, 0.15) is 12.2 Å². The number of nitrogens with one attached hydrogen (secondary N) is 1. The van der Waals surface area contributed by atoms with Gasteiger partial charge in [-0.05, 0) is 82.6 Å². The Balaban J connectivity index is 1.66. The van der Waals surface area contributed by atoms with E-state index < -0.39 is 22.7 Å². The van der Waals surface area contributed by atoms with E-state index in [4.69, 9.17) is 21.7 Å². The van der Waals surface area contributed by atoms with Crippen LogP contribution in [0, 0.1) is 10.1 Å². The Morgan fingerprint density at radius 3 is 2.60 bits per heavy atom. The molecule has 1 saturated heterocycles. The van der Waals surface area contributed by atoms with Gasteiger partial charge < -0.3 is 14.6 Å². The van der Waals surface area contributed by atoms with E-state index in [-0.39, 0.29) is 40.8 Å². The first-order valence-electron chi connectivity index (χ1n) is 11.7. The summed E-state index contributed by atoms with van der Waals surface area (Å²) in [6.45, 7) is 2.07. The lowest BCUT2D eigenvalue weighted by Crippen LogP contribution is -2.54. The molecule has 204 valence electrons. The van der Waals surface area contributed by atoms with Crippen molar-refractivity contribution >= 4 is 68.5 Å². The molecular weight excluding hydrogens is 606 g/mol. The number of carbonyl (C=O) groups excluding carboxylic acids is 2. The number of benzene rings is 3. The van der Waals surface area contributed by atoms with E-state index >= 15 is 0 Å². The van der Waals surface area contributed by atoms with Gasteiger partial charge in [-0.2, -0.15) is 0 Å². The fraction of sp³-hybridized carbons (Fsp3) is 0.111. The van der Waals surface area contributed by atoms with Gasteiger partial charge in [0.15, 0.2) is 16.6 Å². The number of amides is 2. The van der Waals surface area contributed by atoms with Crippen molar-refractivity contribution in [1.29, 1.82) is 0 Å². The molecule has 2 N–H and O–H groups in total. The first kappa shape index (κ1) is 28.4. The standard InChI is InChI=1S/C27H20BrN3O8S/c1-2-38-22-12-16(11-21(28)23(22)39-14-15-5-3-8-19(9-15)31(36)37)10-20-24(32)29-27(40)30(25(20)33)18-7-4-6-17(13-18)26(34)35/h3-13H,2,14H2,1H3,(H,34,35)(H,29,32,40). The number of ether oxygens (including phenoxy) is 2. The summed E-state index contributed by atoms with van der Waals surface area (Å²) in [5.41, 5.74) is 0.814. The average molecular weight is 626 g/mol. The number of nitro groups is 1. The minimum atomic E-state index is -1.18. The molecule has 3 aromatic carbocycles. The van der Waals surface area contributed by atoms with Gasteiger partial charge in [-0.1, -0.05) is 18.2 Å². The summed E-state index contributed by atoms with van der Waals surface area (Å²) < 4.78 is 12.1. The maximum atomic E-state index is 13.4. The number of carbonyl (C=O) groups is 3. The van der Waals surface area contributed by atoms with Crippen LogP contribution in [0.4, 0.5) is 11.4 Å². The zero-order valence-electron chi connectivity index (χ0n) is 20.8. The number of halogens is 1. The molecule has 40 heavy (non-hydrogen) atoms. The van der Waals surface area contributed by atoms with Gasteiger partial charge in [0.25, 0.3) is 17.5 Å². The third-order valence-corrected chi connectivity index (χ3v) is 6.47. The van der Waals surface area contributed by atoms with Gasteiger partial charge in [0.2, 0.25) is 0 Å². The van der Waals surface area contributed by atoms with Crippen LogP contribution in [0.2, 0.25) is 0 Å². The van der Waals surface area contributed by atoms with Crippen molar-refractivity contribution in [2.75, 3.05) is 11.5 Å². The van der Waals surface area contributed by atoms with E-state index in [0.717, 1.165) is 4.90 Å². The van der Waals surface area contributed by atoms with Gasteiger partial charge in [0, 0.05) is 12.1 Å². The SMILES string of the molecule is CCOc1cc(C=C2C(=O)NC(=S)N(c3cccc(C(=O)O)c3)C2=O)cc(Br)c1OCc1cccc([N+](=O)[O-])c1. The number of nitro benzene ring substituents is 1. The fourth-order valence-electron chi connectivity index (χ4n) is 3.83. The van der Waals surface area contributed by atoms with Gasteiger partial charge in [-0.15, -0.1) is 0 Å². The summed E-state index contributed by atoms with van der Waals surface area (Å²) >= 11 is 8.63. The normalized spacial score (nSPS) is 14.2. The highest BCUT2D eigenvalue weighted by molar-refractivity contribution is 9.10. The molecule has 0 atom stereocenters.